The molecule has 0 radical (unpaired) electrons. The second-order valence-electron chi connectivity index (χ2n) is 6.15. The van der Waals surface area contributed by atoms with Crippen LogP contribution in [0.25, 0.3) is 0 Å². The number of rotatable bonds is 6. The highest BCUT2D eigenvalue weighted by molar-refractivity contribution is 5.85. The van der Waals surface area contributed by atoms with E-state index in [0.717, 1.165) is 5.56 Å². The first-order valence-corrected chi connectivity index (χ1v) is 8.09. The smallest absolute Gasteiger partial charge is 0.422 e. The van der Waals surface area contributed by atoms with Crippen molar-refractivity contribution in [3.8, 4) is 5.75 Å². The van der Waals surface area contributed by atoms with E-state index in [9.17, 15) is 18.0 Å². The van der Waals surface area contributed by atoms with Gasteiger partial charge in [-0.05, 0) is 44.5 Å². The van der Waals surface area contributed by atoms with Gasteiger partial charge < -0.3 is 20.1 Å². The van der Waals surface area contributed by atoms with Crippen LogP contribution in [-0.4, -0.2) is 44.5 Å². The molecule has 1 fully saturated rings. The summed E-state index contributed by atoms with van der Waals surface area (Å²) in [5, 5.41) is 5.93. The summed E-state index contributed by atoms with van der Waals surface area (Å²) in [4.78, 5) is 12.5. The molecule has 0 aliphatic carbocycles. The van der Waals surface area contributed by atoms with Crippen molar-refractivity contribution in [1.82, 2.24) is 10.6 Å². The van der Waals surface area contributed by atoms with E-state index in [1.807, 2.05) is 0 Å². The summed E-state index contributed by atoms with van der Waals surface area (Å²) in [5.41, 5.74) is 0.366. The van der Waals surface area contributed by atoms with Gasteiger partial charge in [0.25, 0.3) is 5.91 Å². The maximum atomic E-state index is 12.5. The molecule has 0 saturated carbocycles. The number of halogens is 3. The highest BCUT2D eigenvalue weighted by atomic mass is 19.4. The molecule has 1 aromatic rings. The summed E-state index contributed by atoms with van der Waals surface area (Å²) in [6.45, 7) is 1.81. The molecule has 1 heterocycles. The molecule has 2 N–H and O–H groups in total. The molecule has 8 heteroatoms. The number of aryl methyl sites for hydroxylation is 1. The van der Waals surface area contributed by atoms with Crippen molar-refractivity contribution < 1.29 is 27.4 Å². The number of piperidine rings is 1. The first kappa shape index (κ1) is 19.5. The molecular weight excluding hydrogens is 337 g/mol. The molecule has 140 valence electrons. The third-order valence-electron chi connectivity index (χ3n) is 4.27. The maximum absolute atomic E-state index is 12.5. The number of methoxy groups -OCH3 is 1. The van der Waals surface area contributed by atoms with Gasteiger partial charge in [0, 0.05) is 19.2 Å². The Bertz CT molecular complexity index is 599. The van der Waals surface area contributed by atoms with Gasteiger partial charge in [-0.25, -0.2) is 0 Å². The van der Waals surface area contributed by atoms with Crippen molar-refractivity contribution >= 4 is 5.91 Å². The second-order valence-corrected chi connectivity index (χ2v) is 6.15. The number of alkyl halides is 3. The normalized spacial score (nSPS) is 17.2. The standard InChI is InChI=1S/C17H23F3N2O3/c1-12-3-4-13(14(9-12)25-11-17(18,19)20)10-22-15(23)16(24-2)5-7-21-8-6-16/h3-4,9,21H,5-8,10-11H2,1-2H3,(H,22,23). The zero-order chi connectivity index (χ0) is 18.5. The van der Waals surface area contributed by atoms with Gasteiger partial charge >= 0.3 is 6.18 Å². The molecule has 0 unspecified atom stereocenters. The van der Waals surface area contributed by atoms with Crippen LogP contribution in [0.2, 0.25) is 0 Å². The van der Waals surface area contributed by atoms with Gasteiger partial charge in [0.1, 0.15) is 11.4 Å². The first-order chi connectivity index (χ1) is 11.8. The third-order valence-corrected chi connectivity index (χ3v) is 4.27. The Hall–Kier alpha value is -1.80. The maximum Gasteiger partial charge on any atom is 0.422 e. The van der Waals surface area contributed by atoms with Crippen LogP contribution in [0.1, 0.15) is 24.0 Å². The predicted molar refractivity (Wildman–Crippen MR) is 86.4 cm³/mol. The second kappa shape index (κ2) is 8.05. The molecule has 5 nitrogen and oxygen atoms in total. The van der Waals surface area contributed by atoms with Crippen molar-refractivity contribution in [3.05, 3.63) is 29.3 Å². The third kappa shape index (κ3) is 5.34. The van der Waals surface area contributed by atoms with E-state index < -0.39 is 18.4 Å². The Morgan fingerprint density at radius 1 is 1.32 bits per heavy atom. The fourth-order valence-electron chi connectivity index (χ4n) is 2.79. The number of ether oxygens (including phenoxy) is 2. The van der Waals surface area contributed by atoms with Crippen molar-refractivity contribution in [2.24, 2.45) is 0 Å². The molecule has 0 aromatic heterocycles. The molecule has 1 saturated heterocycles. The highest BCUT2D eigenvalue weighted by Crippen LogP contribution is 2.25. The zero-order valence-electron chi connectivity index (χ0n) is 14.3. The lowest BCUT2D eigenvalue weighted by molar-refractivity contribution is -0.153. The van der Waals surface area contributed by atoms with Gasteiger partial charge in [-0.3, -0.25) is 4.79 Å². The lowest BCUT2D eigenvalue weighted by atomic mass is 9.91. The lowest BCUT2D eigenvalue weighted by Gasteiger charge is -2.34. The average molecular weight is 360 g/mol. The number of carbonyl (C=O) groups excluding carboxylic acids is 1. The summed E-state index contributed by atoms with van der Waals surface area (Å²) in [5.74, 6) is -0.145. The van der Waals surface area contributed by atoms with Crippen molar-refractivity contribution in [2.75, 3.05) is 26.8 Å². The zero-order valence-corrected chi connectivity index (χ0v) is 14.3. The molecule has 25 heavy (non-hydrogen) atoms. The minimum Gasteiger partial charge on any atom is -0.484 e. The Kier molecular flexibility index (Phi) is 6.29. The quantitative estimate of drug-likeness (QED) is 0.818. The Morgan fingerprint density at radius 3 is 2.60 bits per heavy atom. The number of benzene rings is 1. The molecule has 0 bridgehead atoms. The highest BCUT2D eigenvalue weighted by Gasteiger charge is 2.39. The average Bonchev–Trinajstić information content (AvgIpc) is 2.58. The van der Waals surface area contributed by atoms with Crippen LogP contribution >= 0.6 is 0 Å². The van der Waals surface area contributed by atoms with Crippen molar-refractivity contribution in [1.29, 1.82) is 0 Å². The van der Waals surface area contributed by atoms with E-state index in [-0.39, 0.29) is 18.2 Å². The Morgan fingerprint density at radius 2 is 2.00 bits per heavy atom. The van der Waals surface area contributed by atoms with Gasteiger partial charge in [-0.1, -0.05) is 12.1 Å². The minimum absolute atomic E-state index is 0.0742. The number of nitrogens with one attached hydrogen (secondary N) is 2. The van der Waals surface area contributed by atoms with E-state index in [1.165, 1.54) is 13.2 Å². The van der Waals surface area contributed by atoms with Gasteiger partial charge in [0.15, 0.2) is 6.61 Å². The number of amides is 1. The molecule has 1 aromatic carbocycles. The van der Waals surface area contributed by atoms with Gasteiger partial charge in [0.2, 0.25) is 0 Å². The van der Waals surface area contributed by atoms with E-state index in [1.54, 1.807) is 19.1 Å². The van der Waals surface area contributed by atoms with Crippen molar-refractivity contribution in [3.63, 3.8) is 0 Å². The van der Waals surface area contributed by atoms with Crippen LogP contribution in [0, 0.1) is 6.92 Å². The fraction of sp³-hybridized carbons (Fsp3) is 0.588. The Labute approximate surface area is 144 Å². The number of hydrogen-bond donors (Lipinski definition) is 2. The molecule has 0 spiro atoms. The largest absolute Gasteiger partial charge is 0.484 e. The lowest BCUT2D eigenvalue weighted by Crippen LogP contribution is -2.53. The number of carbonyl (C=O) groups is 1. The van der Waals surface area contributed by atoms with Crippen LogP contribution < -0.4 is 15.4 Å². The van der Waals surface area contributed by atoms with Gasteiger partial charge in [0.05, 0.1) is 0 Å². The number of hydrogen-bond acceptors (Lipinski definition) is 4. The molecule has 0 atom stereocenters. The molecule has 1 amide bonds. The fourth-order valence-corrected chi connectivity index (χ4v) is 2.79. The topological polar surface area (TPSA) is 59.6 Å². The minimum atomic E-state index is -4.42. The van der Waals surface area contributed by atoms with E-state index >= 15 is 0 Å². The summed E-state index contributed by atoms with van der Waals surface area (Å²) in [7, 11) is 1.49. The molecule has 1 aliphatic heterocycles. The first-order valence-electron chi connectivity index (χ1n) is 8.09. The van der Waals surface area contributed by atoms with Crippen LogP contribution in [0.15, 0.2) is 18.2 Å². The summed E-state index contributed by atoms with van der Waals surface area (Å²) < 4.78 is 47.6. The SMILES string of the molecule is COC1(C(=O)NCc2ccc(C)cc2OCC(F)(F)F)CCNCC1. The summed E-state index contributed by atoms with van der Waals surface area (Å²) in [6.07, 6.45) is -3.33. The van der Waals surface area contributed by atoms with Crippen LogP contribution in [0.4, 0.5) is 13.2 Å². The van der Waals surface area contributed by atoms with Crippen LogP contribution in [0.3, 0.4) is 0 Å². The summed E-state index contributed by atoms with van der Waals surface area (Å²) >= 11 is 0. The Balaban J connectivity index is 2.05. The van der Waals surface area contributed by atoms with Gasteiger partial charge in [-0.15, -0.1) is 0 Å². The predicted octanol–water partition coefficient (Wildman–Crippen LogP) is 2.32. The molecular formula is C17H23F3N2O3. The monoisotopic (exact) mass is 360 g/mol. The summed E-state index contributed by atoms with van der Waals surface area (Å²) in [6, 6.07) is 4.95. The van der Waals surface area contributed by atoms with E-state index in [4.69, 9.17) is 9.47 Å². The van der Waals surface area contributed by atoms with Crippen molar-refractivity contribution in [2.45, 2.75) is 38.1 Å². The molecule has 2 rings (SSSR count). The van der Waals surface area contributed by atoms with Gasteiger partial charge in [-0.2, -0.15) is 13.2 Å². The van der Waals surface area contributed by atoms with E-state index in [2.05, 4.69) is 10.6 Å². The van der Waals surface area contributed by atoms with E-state index in [0.29, 0.717) is 31.5 Å². The molecule has 1 aliphatic rings. The van der Waals surface area contributed by atoms with Crippen LogP contribution in [0.5, 0.6) is 5.75 Å². The van der Waals surface area contributed by atoms with Crippen LogP contribution in [-0.2, 0) is 16.1 Å².